The largest absolute Gasteiger partial charge is 0.324 e. The van der Waals surface area contributed by atoms with Gasteiger partial charge in [0.15, 0.2) is 0 Å². The molecule has 0 spiro atoms. The molecule has 2 amide bonds. The second-order valence-electron chi connectivity index (χ2n) is 7.69. The van der Waals surface area contributed by atoms with E-state index < -0.39 is 6.04 Å². The zero-order valence-electron chi connectivity index (χ0n) is 16.5. The highest BCUT2D eigenvalue weighted by Gasteiger charge is 2.38. The molecular formula is C23H28N2O2. The van der Waals surface area contributed by atoms with Crippen LogP contribution in [0.3, 0.4) is 0 Å². The molecule has 0 bridgehead atoms. The first-order chi connectivity index (χ1) is 12.9. The Balaban J connectivity index is 1.81. The van der Waals surface area contributed by atoms with Crippen molar-refractivity contribution in [2.24, 2.45) is 5.92 Å². The van der Waals surface area contributed by atoms with E-state index in [1.807, 2.05) is 55.5 Å². The standard InChI is InChI=1S/C23H28N2O2/c1-5-16(4)21(25-14-18-8-6-7-9-20(18)23(25)27)22(26)24-19-12-10-17(11-13-19)15(2)3/h6-13,15-16,21H,5,14H2,1-4H3,(H,24,26)/t16-,21-/m0/s1. The van der Waals surface area contributed by atoms with Gasteiger partial charge in [-0.05, 0) is 41.2 Å². The minimum atomic E-state index is -0.486. The maximum absolute atomic E-state index is 13.1. The number of hydrogen-bond acceptors (Lipinski definition) is 2. The lowest BCUT2D eigenvalue weighted by atomic mass is 9.96. The van der Waals surface area contributed by atoms with Gasteiger partial charge in [0.1, 0.15) is 6.04 Å². The lowest BCUT2D eigenvalue weighted by molar-refractivity contribution is -0.122. The predicted octanol–water partition coefficient (Wildman–Crippen LogP) is 4.82. The molecule has 0 aliphatic carbocycles. The average Bonchev–Trinajstić information content (AvgIpc) is 2.99. The molecule has 2 aromatic carbocycles. The van der Waals surface area contributed by atoms with Gasteiger partial charge < -0.3 is 10.2 Å². The van der Waals surface area contributed by atoms with Crippen molar-refractivity contribution >= 4 is 17.5 Å². The summed E-state index contributed by atoms with van der Waals surface area (Å²) in [5, 5.41) is 3.01. The third-order valence-electron chi connectivity index (χ3n) is 5.48. The summed E-state index contributed by atoms with van der Waals surface area (Å²) in [6.07, 6.45) is 0.824. The minimum Gasteiger partial charge on any atom is -0.324 e. The van der Waals surface area contributed by atoms with Gasteiger partial charge in [0, 0.05) is 17.8 Å². The minimum absolute atomic E-state index is 0.0544. The molecule has 0 saturated carbocycles. The summed E-state index contributed by atoms with van der Waals surface area (Å²) >= 11 is 0. The van der Waals surface area contributed by atoms with Crippen molar-refractivity contribution in [1.82, 2.24) is 4.90 Å². The second-order valence-corrected chi connectivity index (χ2v) is 7.69. The fourth-order valence-corrected chi connectivity index (χ4v) is 3.60. The Kier molecular flexibility index (Phi) is 5.64. The van der Waals surface area contributed by atoms with Crippen LogP contribution in [0.15, 0.2) is 48.5 Å². The number of carbonyl (C=O) groups excluding carboxylic acids is 2. The van der Waals surface area contributed by atoms with Crippen LogP contribution < -0.4 is 5.32 Å². The number of amides is 2. The second kappa shape index (κ2) is 7.95. The molecule has 0 unspecified atom stereocenters. The molecule has 1 aliphatic heterocycles. The lowest BCUT2D eigenvalue weighted by Crippen LogP contribution is -2.48. The molecule has 1 heterocycles. The molecule has 1 N–H and O–H groups in total. The van der Waals surface area contributed by atoms with Crippen LogP contribution in [0.2, 0.25) is 0 Å². The fourth-order valence-electron chi connectivity index (χ4n) is 3.60. The SMILES string of the molecule is CC[C@H](C)[C@@H](C(=O)Nc1ccc(C(C)C)cc1)N1Cc2ccccc2C1=O. The van der Waals surface area contributed by atoms with Crippen LogP contribution in [0.1, 0.15) is 61.5 Å². The highest BCUT2D eigenvalue weighted by Crippen LogP contribution is 2.29. The van der Waals surface area contributed by atoms with Gasteiger partial charge in [-0.2, -0.15) is 0 Å². The highest BCUT2D eigenvalue weighted by atomic mass is 16.2. The van der Waals surface area contributed by atoms with Crippen molar-refractivity contribution in [3.8, 4) is 0 Å². The average molecular weight is 364 g/mol. The Bertz CT molecular complexity index is 827. The number of hydrogen-bond donors (Lipinski definition) is 1. The summed E-state index contributed by atoms with van der Waals surface area (Å²) in [5.74, 6) is 0.338. The number of benzene rings is 2. The summed E-state index contributed by atoms with van der Waals surface area (Å²) in [4.78, 5) is 27.7. The van der Waals surface area contributed by atoms with E-state index in [1.54, 1.807) is 4.90 Å². The van der Waals surface area contributed by atoms with Crippen LogP contribution in [-0.2, 0) is 11.3 Å². The molecule has 0 aromatic heterocycles. The number of fused-ring (bicyclic) bond motifs is 1. The van der Waals surface area contributed by atoms with Crippen molar-refractivity contribution in [2.45, 2.75) is 52.6 Å². The van der Waals surface area contributed by atoms with E-state index in [-0.39, 0.29) is 17.7 Å². The van der Waals surface area contributed by atoms with E-state index in [9.17, 15) is 9.59 Å². The van der Waals surface area contributed by atoms with Crippen molar-refractivity contribution in [3.05, 3.63) is 65.2 Å². The topological polar surface area (TPSA) is 49.4 Å². The summed E-state index contributed by atoms with van der Waals surface area (Å²) in [7, 11) is 0. The maximum atomic E-state index is 13.1. The molecular weight excluding hydrogens is 336 g/mol. The zero-order chi connectivity index (χ0) is 19.6. The number of anilines is 1. The molecule has 0 fully saturated rings. The van der Waals surface area contributed by atoms with Crippen molar-refractivity contribution < 1.29 is 9.59 Å². The van der Waals surface area contributed by atoms with Crippen LogP contribution in [0.25, 0.3) is 0 Å². The third kappa shape index (κ3) is 3.90. The molecule has 2 atom stereocenters. The van der Waals surface area contributed by atoms with Crippen LogP contribution in [0.5, 0.6) is 0 Å². The smallest absolute Gasteiger partial charge is 0.255 e. The molecule has 2 aromatic rings. The summed E-state index contributed by atoms with van der Waals surface area (Å²) in [6, 6.07) is 15.1. The molecule has 3 rings (SSSR count). The number of nitrogens with zero attached hydrogens (tertiary/aromatic N) is 1. The van der Waals surface area contributed by atoms with Gasteiger partial charge in [0.2, 0.25) is 5.91 Å². The fraction of sp³-hybridized carbons (Fsp3) is 0.391. The zero-order valence-corrected chi connectivity index (χ0v) is 16.5. The Morgan fingerprint density at radius 1 is 1.07 bits per heavy atom. The van der Waals surface area contributed by atoms with Gasteiger partial charge in [-0.1, -0.05) is 64.4 Å². The van der Waals surface area contributed by atoms with E-state index >= 15 is 0 Å². The van der Waals surface area contributed by atoms with Crippen molar-refractivity contribution in [3.63, 3.8) is 0 Å². The van der Waals surface area contributed by atoms with Gasteiger partial charge in [-0.25, -0.2) is 0 Å². The van der Waals surface area contributed by atoms with Crippen molar-refractivity contribution in [1.29, 1.82) is 0 Å². The number of carbonyl (C=O) groups is 2. The Hall–Kier alpha value is -2.62. The lowest BCUT2D eigenvalue weighted by Gasteiger charge is -2.31. The summed E-state index contributed by atoms with van der Waals surface area (Å²) in [5.41, 5.74) is 3.70. The Morgan fingerprint density at radius 2 is 1.74 bits per heavy atom. The van der Waals surface area contributed by atoms with E-state index in [0.29, 0.717) is 18.0 Å². The first-order valence-electron chi connectivity index (χ1n) is 9.72. The van der Waals surface area contributed by atoms with E-state index in [0.717, 1.165) is 17.7 Å². The first kappa shape index (κ1) is 19.2. The quantitative estimate of drug-likeness (QED) is 0.799. The van der Waals surface area contributed by atoms with Gasteiger partial charge in [-0.3, -0.25) is 9.59 Å². The summed E-state index contributed by atoms with van der Waals surface area (Å²) in [6.45, 7) is 8.86. The first-order valence-corrected chi connectivity index (χ1v) is 9.72. The molecule has 27 heavy (non-hydrogen) atoms. The molecule has 1 aliphatic rings. The van der Waals surface area contributed by atoms with Crippen LogP contribution in [-0.4, -0.2) is 22.8 Å². The van der Waals surface area contributed by atoms with Gasteiger partial charge in [-0.15, -0.1) is 0 Å². The van der Waals surface area contributed by atoms with E-state index in [4.69, 9.17) is 0 Å². The highest BCUT2D eigenvalue weighted by molar-refractivity contribution is 6.03. The monoisotopic (exact) mass is 364 g/mol. The molecule has 4 heteroatoms. The molecule has 142 valence electrons. The van der Waals surface area contributed by atoms with Gasteiger partial charge >= 0.3 is 0 Å². The molecule has 0 saturated heterocycles. The van der Waals surface area contributed by atoms with Gasteiger partial charge in [0.25, 0.3) is 5.91 Å². The Labute approximate surface area is 161 Å². The summed E-state index contributed by atoms with van der Waals surface area (Å²) < 4.78 is 0. The van der Waals surface area contributed by atoms with Crippen LogP contribution in [0.4, 0.5) is 5.69 Å². The number of nitrogens with one attached hydrogen (secondary N) is 1. The van der Waals surface area contributed by atoms with Crippen LogP contribution >= 0.6 is 0 Å². The van der Waals surface area contributed by atoms with E-state index in [1.165, 1.54) is 5.56 Å². The maximum Gasteiger partial charge on any atom is 0.255 e. The molecule has 0 radical (unpaired) electrons. The van der Waals surface area contributed by atoms with Crippen molar-refractivity contribution in [2.75, 3.05) is 5.32 Å². The number of rotatable bonds is 6. The molecule has 4 nitrogen and oxygen atoms in total. The van der Waals surface area contributed by atoms with Crippen LogP contribution in [0, 0.1) is 5.92 Å². The third-order valence-corrected chi connectivity index (χ3v) is 5.48. The van der Waals surface area contributed by atoms with E-state index in [2.05, 4.69) is 26.1 Å². The predicted molar refractivity (Wildman–Crippen MR) is 109 cm³/mol. The normalized spacial score (nSPS) is 15.6. The van der Waals surface area contributed by atoms with Gasteiger partial charge in [0.05, 0.1) is 0 Å². The Morgan fingerprint density at radius 3 is 2.33 bits per heavy atom.